The van der Waals surface area contributed by atoms with Gasteiger partial charge in [0.1, 0.15) is 6.61 Å². The van der Waals surface area contributed by atoms with Gasteiger partial charge in [-0.25, -0.2) is 13.6 Å². The van der Waals surface area contributed by atoms with Crippen LogP contribution in [0.25, 0.3) is 10.8 Å². The largest absolute Gasteiger partial charge is 0.457 e. The summed E-state index contributed by atoms with van der Waals surface area (Å²) in [4.78, 5) is 24.6. The Kier molecular flexibility index (Phi) is 4.84. The Hall–Kier alpha value is -3.02. The van der Waals surface area contributed by atoms with Crippen molar-refractivity contribution in [1.29, 1.82) is 0 Å². The summed E-state index contributed by atoms with van der Waals surface area (Å²) in [5.41, 5.74) is -0.451. The van der Waals surface area contributed by atoms with Crippen LogP contribution in [0, 0.1) is 11.6 Å². The summed E-state index contributed by atoms with van der Waals surface area (Å²) in [5, 5.41) is -0.226. The first kappa shape index (κ1) is 17.8. The van der Waals surface area contributed by atoms with Crippen molar-refractivity contribution in [3.8, 4) is 0 Å². The van der Waals surface area contributed by atoms with Gasteiger partial charge in [-0.1, -0.05) is 30.3 Å². The molecule has 6 heteroatoms. The molecule has 2 aromatic carbocycles. The van der Waals surface area contributed by atoms with Crippen LogP contribution in [-0.2, 0) is 11.3 Å². The number of hydrogen-bond acceptors (Lipinski definition) is 3. The molecule has 3 aromatic rings. The summed E-state index contributed by atoms with van der Waals surface area (Å²) >= 11 is 0. The van der Waals surface area contributed by atoms with Gasteiger partial charge in [0.05, 0.1) is 10.9 Å². The zero-order valence-electron chi connectivity index (χ0n) is 14.3. The first-order valence-corrected chi connectivity index (χ1v) is 8.14. The fourth-order valence-corrected chi connectivity index (χ4v) is 2.71. The minimum Gasteiger partial charge on any atom is -0.457 e. The Morgan fingerprint density at radius 2 is 1.81 bits per heavy atom. The zero-order valence-corrected chi connectivity index (χ0v) is 14.3. The molecule has 1 heterocycles. The third kappa shape index (κ3) is 3.22. The Morgan fingerprint density at radius 1 is 1.12 bits per heavy atom. The van der Waals surface area contributed by atoms with E-state index in [1.807, 2.05) is 6.07 Å². The number of fused-ring (bicyclic) bond motifs is 1. The molecule has 26 heavy (non-hydrogen) atoms. The van der Waals surface area contributed by atoms with Crippen LogP contribution >= 0.6 is 0 Å². The minimum atomic E-state index is -1.38. The van der Waals surface area contributed by atoms with E-state index in [1.54, 1.807) is 38.1 Å². The number of carbonyl (C=O) groups is 1. The summed E-state index contributed by atoms with van der Waals surface area (Å²) in [6, 6.07) is 11.3. The van der Waals surface area contributed by atoms with E-state index in [2.05, 4.69) is 0 Å². The first-order valence-electron chi connectivity index (χ1n) is 8.14. The maximum absolute atomic E-state index is 14.5. The topological polar surface area (TPSA) is 48.3 Å². The Bertz CT molecular complexity index is 1030. The second-order valence-electron chi connectivity index (χ2n) is 6.20. The van der Waals surface area contributed by atoms with Gasteiger partial charge in [-0.15, -0.1) is 0 Å². The van der Waals surface area contributed by atoms with Gasteiger partial charge in [0.15, 0.2) is 11.6 Å². The van der Waals surface area contributed by atoms with Gasteiger partial charge in [-0.05, 0) is 36.9 Å². The van der Waals surface area contributed by atoms with Crippen LogP contribution in [0.1, 0.15) is 35.8 Å². The van der Waals surface area contributed by atoms with E-state index in [-0.39, 0.29) is 23.4 Å². The van der Waals surface area contributed by atoms with Crippen LogP contribution in [0.2, 0.25) is 0 Å². The summed E-state index contributed by atoms with van der Waals surface area (Å²) in [7, 11) is 0. The molecule has 0 spiro atoms. The normalized spacial score (nSPS) is 11.1. The highest BCUT2D eigenvalue weighted by molar-refractivity contribution is 5.95. The molecular weight excluding hydrogens is 340 g/mol. The van der Waals surface area contributed by atoms with Gasteiger partial charge in [0.2, 0.25) is 0 Å². The van der Waals surface area contributed by atoms with E-state index in [4.69, 9.17) is 4.74 Å². The number of hydrogen-bond donors (Lipinski definition) is 0. The lowest BCUT2D eigenvalue weighted by Crippen LogP contribution is -2.23. The number of benzene rings is 2. The number of esters is 1. The van der Waals surface area contributed by atoms with Crippen molar-refractivity contribution in [3.05, 3.63) is 81.8 Å². The molecule has 0 amide bonds. The molecule has 0 radical (unpaired) electrons. The van der Waals surface area contributed by atoms with Crippen molar-refractivity contribution in [2.24, 2.45) is 0 Å². The number of ether oxygens (including phenoxy) is 1. The van der Waals surface area contributed by atoms with Crippen molar-refractivity contribution < 1.29 is 18.3 Å². The predicted molar refractivity (Wildman–Crippen MR) is 94.1 cm³/mol. The summed E-state index contributed by atoms with van der Waals surface area (Å²) in [6.07, 6.45) is 1.49. The third-order valence-corrected chi connectivity index (χ3v) is 4.09. The van der Waals surface area contributed by atoms with Crippen LogP contribution in [0.4, 0.5) is 8.78 Å². The lowest BCUT2D eigenvalue weighted by molar-refractivity contribution is 0.0466. The zero-order chi connectivity index (χ0) is 18.8. The quantitative estimate of drug-likeness (QED) is 0.657. The maximum Gasteiger partial charge on any atom is 0.341 e. The van der Waals surface area contributed by atoms with Gasteiger partial charge in [-0.2, -0.15) is 0 Å². The molecule has 134 valence electrons. The number of pyridine rings is 1. The van der Waals surface area contributed by atoms with Crippen LogP contribution in [-0.4, -0.2) is 10.5 Å². The van der Waals surface area contributed by atoms with Crippen LogP contribution in [0.15, 0.2) is 53.5 Å². The van der Waals surface area contributed by atoms with Crippen LogP contribution < -0.4 is 5.56 Å². The molecule has 0 saturated carbocycles. The average Bonchev–Trinajstić information content (AvgIpc) is 2.63. The highest BCUT2D eigenvalue weighted by atomic mass is 19.2. The average molecular weight is 357 g/mol. The van der Waals surface area contributed by atoms with E-state index in [9.17, 15) is 18.4 Å². The number of carbonyl (C=O) groups excluding carboxylic acids is 1. The minimum absolute atomic E-state index is 0.0618. The van der Waals surface area contributed by atoms with E-state index >= 15 is 0 Å². The van der Waals surface area contributed by atoms with E-state index in [0.717, 1.165) is 11.6 Å². The van der Waals surface area contributed by atoms with Gasteiger partial charge < -0.3 is 9.30 Å². The molecule has 1 aromatic heterocycles. The van der Waals surface area contributed by atoms with Gasteiger partial charge in [-0.3, -0.25) is 4.79 Å². The summed E-state index contributed by atoms with van der Waals surface area (Å²) in [6.45, 7) is 3.46. The number of halogens is 2. The van der Waals surface area contributed by atoms with E-state index in [0.29, 0.717) is 0 Å². The summed E-state index contributed by atoms with van der Waals surface area (Å²) in [5.74, 6) is -3.71. The van der Waals surface area contributed by atoms with Crippen molar-refractivity contribution in [1.82, 2.24) is 4.57 Å². The second kappa shape index (κ2) is 7.07. The lowest BCUT2D eigenvalue weighted by Gasteiger charge is -2.12. The molecule has 0 fully saturated rings. The smallest absolute Gasteiger partial charge is 0.341 e. The molecule has 0 aliphatic heterocycles. The Labute approximate surface area is 148 Å². The fourth-order valence-electron chi connectivity index (χ4n) is 2.71. The molecule has 0 aliphatic rings. The highest BCUT2D eigenvalue weighted by Crippen LogP contribution is 2.23. The fraction of sp³-hybridized carbons (Fsp3) is 0.200. The van der Waals surface area contributed by atoms with Crippen molar-refractivity contribution in [3.63, 3.8) is 0 Å². The van der Waals surface area contributed by atoms with Crippen LogP contribution in [0.5, 0.6) is 0 Å². The molecule has 3 rings (SSSR count). The third-order valence-electron chi connectivity index (χ3n) is 4.09. The van der Waals surface area contributed by atoms with Crippen molar-refractivity contribution in [2.75, 3.05) is 0 Å². The highest BCUT2D eigenvalue weighted by Gasteiger charge is 2.22. The maximum atomic E-state index is 14.5. The summed E-state index contributed by atoms with van der Waals surface area (Å²) < 4.78 is 35.3. The first-order chi connectivity index (χ1) is 12.4. The SMILES string of the molecule is CC(C)n1ccc2cc(C(=O)OCc3ccccc3)c(F)c(F)c2c1=O. The lowest BCUT2D eigenvalue weighted by atomic mass is 10.1. The van der Waals surface area contributed by atoms with Crippen LogP contribution in [0.3, 0.4) is 0 Å². The van der Waals surface area contributed by atoms with Crippen molar-refractivity contribution >= 4 is 16.7 Å². The van der Waals surface area contributed by atoms with E-state index < -0.39 is 28.7 Å². The van der Waals surface area contributed by atoms with Gasteiger partial charge in [0.25, 0.3) is 5.56 Å². The van der Waals surface area contributed by atoms with Gasteiger partial charge in [0, 0.05) is 12.2 Å². The number of nitrogens with zero attached hydrogens (tertiary/aromatic N) is 1. The van der Waals surface area contributed by atoms with Crippen molar-refractivity contribution in [2.45, 2.75) is 26.5 Å². The number of rotatable bonds is 4. The second-order valence-corrected chi connectivity index (χ2v) is 6.20. The molecule has 0 bridgehead atoms. The molecule has 4 nitrogen and oxygen atoms in total. The molecule has 0 saturated heterocycles. The predicted octanol–water partition coefficient (Wildman–Crippen LogP) is 4.22. The molecule has 0 N–H and O–H groups in total. The Morgan fingerprint density at radius 3 is 2.46 bits per heavy atom. The van der Waals surface area contributed by atoms with Gasteiger partial charge >= 0.3 is 5.97 Å². The molecular formula is C20H17F2NO3. The Balaban J connectivity index is 1.99. The molecule has 0 atom stereocenters. The monoisotopic (exact) mass is 357 g/mol. The standard InChI is InChI=1S/C20H17F2NO3/c1-12(2)23-9-8-14-10-15(17(21)18(22)16(14)19(23)24)20(25)26-11-13-6-4-3-5-7-13/h3-10,12H,11H2,1-2H3. The van der Waals surface area contributed by atoms with E-state index in [1.165, 1.54) is 16.8 Å². The molecule has 0 aliphatic carbocycles. The molecule has 0 unspecified atom stereocenters. The number of aromatic nitrogens is 1.